The Morgan fingerprint density at radius 1 is 1.23 bits per heavy atom. The number of aliphatic hydroxyl groups excluding tert-OH is 1. The van der Waals surface area contributed by atoms with Gasteiger partial charge >= 0.3 is 0 Å². The van der Waals surface area contributed by atoms with E-state index in [-0.39, 0.29) is 32.4 Å². The second-order valence-electron chi connectivity index (χ2n) is 12.9. The average Bonchev–Trinajstić information content (AvgIpc) is 3.38. The molecule has 242 valence electrons. The van der Waals surface area contributed by atoms with Crippen LogP contribution in [-0.2, 0) is 20.9 Å². The predicted octanol–water partition coefficient (Wildman–Crippen LogP) is 4.91. The first-order valence-corrected chi connectivity index (χ1v) is 16.7. The summed E-state index contributed by atoms with van der Waals surface area (Å²) in [6.45, 7) is 7.88. The Labute approximate surface area is 267 Å². The Kier molecular flexibility index (Phi) is 11.3. The number of thiazole rings is 1. The van der Waals surface area contributed by atoms with Crippen LogP contribution in [0.5, 0.6) is 5.75 Å². The summed E-state index contributed by atoms with van der Waals surface area (Å²) in [6, 6.07) is 3.85. The first-order chi connectivity index (χ1) is 20.8. The number of hydrogen-bond donors (Lipinski definition) is 3. The van der Waals surface area contributed by atoms with Crippen molar-refractivity contribution in [2.75, 3.05) is 19.0 Å². The third-order valence-corrected chi connectivity index (χ3v) is 9.41. The zero-order valence-electron chi connectivity index (χ0n) is 26.0. The van der Waals surface area contributed by atoms with E-state index in [2.05, 4.69) is 15.6 Å². The molecule has 1 saturated carbocycles. The number of amides is 3. The van der Waals surface area contributed by atoms with Gasteiger partial charge in [0.25, 0.3) is 5.91 Å². The number of β-amino-alcohol motifs (C(OH)–C–C–N with tert-alkyl or cyclic N) is 1. The van der Waals surface area contributed by atoms with Gasteiger partial charge in [-0.1, -0.05) is 45.7 Å². The van der Waals surface area contributed by atoms with E-state index in [0.29, 0.717) is 18.2 Å². The van der Waals surface area contributed by atoms with Crippen LogP contribution in [0.1, 0.15) is 77.0 Å². The number of nitrogens with zero attached hydrogens (tertiary/aromatic N) is 2. The summed E-state index contributed by atoms with van der Waals surface area (Å²) in [7, 11) is 0. The van der Waals surface area contributed by atoms with Crippen LogP contribution in [0.4, 0.5) is 4.39 Å². The summed E-state index contributed by atoms with van der Waals surface area (Å²) in [5, 5.41) is 16.0. The number of rotatable bonds is 14. The summed E-state index contributed by atoms with van der Waals surface area (Å²) in [4.78, 5) is 46.4. The minimum Gasteiger partial charge on any atom is -0.493 e. The molecule has 1 aromatic carbocycles. The third-order valence-electron chi connectivity index (χ3n) is 8.16. The van der Waals surface area contributed by atoms with Crippen LogP contribution in [0.25, 0.3) is 10.4 Å². The summed E-state index contributed by atoms with van der Waals surface area (Å²) in [6.07, 6.45) is 3.29. The zero-order chi connectivity index (χ0) is 32.1. The van der Waals surface area contributed by atoms with Crippen molar-refractivity contribution in [3.8, 4) is 16.2 Å². The number of ether oxygens (including phenoxy) is 1. The molecule has 9 nitrogen and oxygen atoms in total. The van der Waals surface area contributed by atoms with Crippen molar-refractivity contribution >= 4 is 40.7 Å². The monoisotopic (exact) mass is 650 g/mol. The van der Waals surface area contributed by atoms with Crippen molar-refractivity contribution in [2.24, 2.45) is 5.41 Å². The highest BCUT2D eigenvalue weighted by Crippen LogP contribution is 2.40. The fourth-order valence-corrected chi connectivity index (χ4v) is 6.30. The normalized spacial score (nSPS) is 19.8. The zero-order valence-corrected chi connectivity index (χ0v) is 27.5. The van der Waals surface area contributed by atoms with Crippen LogP contribution in [0, 0.1) is 12.3 Å². The maximum atomic E-state index is 14.5. The lowest BCUT2D eigenvalue weighted by Gasteiger charge is -2.35. The SMILES string of the molecule is Cc1ncsc1-c1ccc(CNC(=O)[C@@H]2C[C@@H](O)CN2C(=O)[C@@H](NC(=O)C2(F)CC2)C(C)(C)C)c(OCCCCCCCl)c1. The van der Waals surface area contributed by atoms with Crippen molar-refractivity contribution in [1.29, 1.82) is 0 Å². The molecule has 44 heavy (non-hydrogen) atoms. The quantitative estimate of drug-likeness (QED) is 0.197. The Hall–Kier alpha value is -2.76. The van der Waals surface area contributed by atoms with Gasteiger partial charge in [0, 0.05) is 31.0 Å². The van der Waals surface area contributed by atoms with Crippen LogP contribution in [0.2, 0.25) is 0 Å². The van der Waals surface area contributed by atoms with E-state index in [1.54, 1.807) is 37.6 Å². The number of likely N-dealkylation sites (tertiary alicyclic amines) is 1. The number of benzene rings is 1. The number of aromatic nitrogens is 1. The summed E-state index contributed by atoms with van der Waals surface area (Å²) >= 11 is 7.34. The Morgan fingerprint density at radius 3 is 2.59 bits per heavy atom. The molecule has 2 fully saturated rings. The van der Waals surface area contributed by atoms with E-state index in [0.717, 1.165) is 47.4 Å². The molecule has 1 aliphatic heterocycles. The van der Waals surface area contributed by atoms with Crippen LogP contribution >= 0.6 is 22.9 Å². The van der Waals surface area contributed by atoms with Crippen molar-refractivity contribution in [3.63, 3.8) is 0 Å². The number of carbonyl (C=O) groups excluding carboxylic acids is 3. The van der Waals surface area contributed by atoms with Gasteiger partial charge in [0.2, 0.25) is 11.8 Å². The molecule has 3 atom stereocenters. The smallest absolute Gasteiger partial charge is 0.258 e. The summed E-state index contributed by atoms with van der Waals surface area (Å²) < 4.78 is 20.7. The van der Waals surface area contributed by atoms with Crippen LogP contribution in [0.15, 0.2) is 23.7 Å². The molecule has 0 spiro atoms. The molecule has 0 bridgehead atoms. The molecule has 12 heteroatoms. The number of aryl methyl sites for hydroxylation is 1. The molecule has 1 aromatic heterocycles. The van der Waals surface area contributed by atoms with Gasteiger partial charge in [-0.15, -0.1) is 22.9 Å². The number of carbonyl (C=O) groups is 3. The highest BCUT2D eigenvalue weighted by atomic mass is 35.5. The van der Waals surface area contributed by atoms with E-state index in [1.807, 2.05) is 25.1 Å². The highest BCUT2D eigenvalue weighted by molar-refractivity contribution is 7.13. The maximum absolute atomic E-state index is 14.5. The van der Waals surface area contributed by atoms with E-state index in [9.17, 15) is 23.9 Å². The number of aliphatic hydroxyl groups is 1. The van der Waals surface area contributed by atoms with Gasteiger partial charge in [-0.2, -0.15) is 0 Å². The topological polar surface area (TPSA) is 121 Å². The number of unbranched alkanes of at least 4 members (excludes halogenated alkanes) is 3. The second-order valence-corrected chi connectivity index (χ2v) is 14.1. The van der Waals surface area contributed by atoms with Gasteiger partial charge in [-0.25, -0.2) is 9.37 Å². The molecular formula is C32H44ClFN4O5S. The van der Waals surface area contributed by atoms with Crippen LogP contribution < -0.4 is 15.4 Å². The molecule has 1 saturated heterocycles. The molecule has 0 radical (unpaired) electrons. The lowest BCUT2D eigenvalue weighted by atomic mass is 9.85. The fourth-order valence-electron chi connectivity index (χ4n) is 5.31. The summed E-state index contributed by atoms with van der Waals surface area (Å²) in [5.41, 5.74) is 1.79. The molecule has 2 aromatic rings. The third kappa shape index (κ3) is 8.48. The number of halogens is 2. The highest BCUT2D eigenvalue weighted by Gasteiger charge is 2.53. The van der Waals surface area contributed by atoms with Crippen LogP contribution in [0.3, 0.4) is 0 Å². The lowest BCUT2D eigenvalue weighted by molar-refractivity contribution is -0.145. The van der Waals surface area contributed by atoms with Crippen molar-refractivity contribution in [3.05, 3.63) is 35.0 Å². The number of alkyl halides is 2. The molecule has 0 unspecified atom stereocenters. The summed E-state index contributed by atoms with van der Waals surface area (Å²) in [5.74, 6) is -0.453. The minimum absolute atomic E-state index is 0.0544. The van der Waals surface area contributed by atoms with Gasteiger partial charge in [-0.3, -0.25) is 14.4 Å². The number of hydrogen-bond acceptors (Lipinski definition) is 7. The largest absolute Gasteiger partial charge is 0.493 e. The first kappa shape index (κ1) is 34.1. The predicted molar refractivity (Wildman–Crippen MR) is 169 cm³/mol. The van der Waals surface area contributed by atoms with E-state index >= 15 is 0 Å². The fraction of sp³-hybridized carbons (Fsp3) is 0.625. The van der Waals surface area contributed by atoms with Gasteiger partial charge in [0.1, 0.15) is 17.8 Å². The van der Waals surface area contributed by atoms with Gasteiger partial charge < -0.3 is 25.4 Å². The maximum Gasteiger partial charge on any atom is 0.258 e. The second kappa shape index (κ2) is 14.6. The molecule has 1 aliphatic carbocycles. The van der Waals surface area contributed by atoms with Gasteiger partial charge in [0.05, 0.1) is 28.8 Å². The van der Waals surface area contributed by atoms with Crippen LogP contribution in [-0.4, -0.2) is 75.6 Å². The Balaban J connectivity index is 1.46. The van der Waals surface area contributed by atoms with E-state index < -0.39 is 47.0 Å². The minimum atomic E-state index is -1.94. The number of nitrogens with one attached hydrogen (secondary N) is 2. The van der Waals surface area contributed by atoms with Gasteiger partial charge in [0.15, 0.2) is 5.67 Å². The molecule has 2 aliphatic rings. The van der Waals surface area contributed by atoms with E-state index in [1.165, 1.54) is 4.90 Å². The Morgan fingerprint density at radius 2 is 1.95 bits per heavy atom. The van der Waals surface area contributed by atoms with Gasteiger partial charge in [-0.05, 0) is 49.7 Å². The first-order valence-electron chi connectivity index (χ1n) is 15.3. The molecule has 4 rings (SSSR count). The lowest BCUT2D eigenvalue weighted by Crippen LogP contribution is -2.59. The molecule has 3 N–H and O–H groups in total. The van der Waals surface area contributed by atoms with Crippen molar-refractivity contribution < 1.29 is 28.6 Å². The standard InChI is InChI=1S/C32H44ClFN4O5S/c1-20-26(44-19-36-20)21-9-10-22(25(15-21)43-14-8-6-5-7-13-33)17-35-28(40)24-16-23(39)18-38(24)29(41)27(31(2,3)4)37-30(42)32(34)11-12-32/h9-10,15,19,23-24,27,39H,5-8,11-14,16-18H2,1-4H3,(H,35,40)(H,37,42)/t23-,24+,27-/m1/s1. The molecule has 2 heterocycles. The van der Waals surface area contributed by atoms with E-state index in [4.69, 9.17) is 16.3 Å². The van der Waals surface area contributed by atoms with Crippen molar-refractivity contribution in [1.82, 2.24) is 20.5 Å². The Bertz CT molecular complexity index is 1330. The average molecular weight is 651 g/mol. The molecule has 3 amide bonds. The van der Waals surface area contributed by atoms with Crippen molar-refractivity contribution in [2.45, 2.75) is 103 Å². The molecular weight excluding hydrogens is 607 g/mol.